The minimum Gasteiger partial charge on any atom is -0.0648 e. The van der Waals surface area contributed by atoms with Crippen LogP contribution in [0.2, 0.25) is 0 Å². The predicted molar refractivity (Wildman–Crippen MR) is 67.3 cm³/mol. The molecule has 0 amide bonds. The fourth-order valence-electron chi connectivity index (χ4n) is 1.36. The zero-order valence-electron chi connectivity index (χ0n) is 8.82. The van der Waals surface area contributed by atoms with Gasteiger partial charge in [0.1, 0.15) is 0 Å². The second kappa shape index (κ2) is 4.45. The van der Waals surface area contributed by atoms with E-state index in [-0.39, 0.29) is 0 Å². The van der Waals surface area contributed by atoms with Gasteiger partial charge in [-0.15, -0.1) is 0 Å². The zero-order valence-corrected chi connectivity index (χ0v) is 11.0. The summed E-state index contributed by atoms with van der Waals surface area (Å²) in [5.41, 5.74) is 4.32. The van der Waals surface area contributed by atoms with Crippen LogP contribution in [0.15, 0.2) is 12.1 Å². The summed E-state index contributed by atoms with van der Waals surface area (Å²) >= 11 is 2.43. The Morgan fingerprint density at radius 2 is 1.92 bits per heavy atom. The van der Waals surface area contributed by atoms with Gasteiger partial charge in [0, 0.05) is 3.57 Å². The first-order valence-corrected chi connectivity index (χ1v) is 5.90. The lowest BCUT2D eigenvalue weighted by Gasteiger charge is -2.12. The molecule has 0 heterocycles. The Hall–Kier alpha value is -0.0500. The van der Waals surface area contributed by atoms with Gasteiger partial charge in [-0.25, -0.2) is 0 Å². The molecule has 72 valence electrons. The van der Waals surface area contributed by atoms with Crippen LogP contribution in [0.5, 0.6) is 0 Å². The highest BCUT2D eigenvalue weighted by molar-refractivity contribution is 14.1. The van der Waals surface area contributed by atoms with Gasteiger partial charge in [0.25, 0.3) is 0 Å². The molecule has 1 heteroatoms. The second-order valence-corrected chi connectivity index (χ2v) is 4.92. The minimum atomic E-state index is 0.688. The lowest BCUT2D eigenvalue weighted by atomic mass is 9.95. The van der Waals surface area contributed by atoms with Gasteiger partial charge in [-0.3, -0.25) is 0 Å². The molecule has 0 aromatic heterocycles. The van der Waals surface area contributed by atoms with Gasteiger partial charge in [0.15, 0.2) is 0 Å². The first-order valence-electron chi connectivity index (χ1n) is 4.83. The molecule has 0 nitrogen and oxygen atoms in total. The van der Waals surface area contributed by atoms with Crippen molar-refractivity contribution in [1.29, 1.82) is 0 Å². The van der Waals surface area contributed by atoms with Crippen LogP contribution in [0.3, 0.4) is 0 Å². The number of hydrogen-bond acceptors (Lipinski definition) is 0. The third kappa shape index (κ3) is 2.46. The summed E-state index contributed by atoms with van der Waals surface area (Å²) in [5, 5.41) is 0. The van der Waals surface area contributed by atoms with Crippen LogP contribution < -0.4 is 0 Å². The van der Waals surface area contributed by atoms with Crippen molar-refractivity contribution in [2.45, 2.75) is 40.0 Å². The summed E-state index contributed by atoms with van der Waals surface area (Å²) in [6, 6.07) is 4.64. The Bertz CT molecular complexity index is 279. The zero-order chi connectivity index (χ0) is 10.0. The van der Waals surface area contributed by atoms with Gasteiger partial charge >= 0.3 is 0 Å². The molecule has 1 atom stereocenters. The van der Waals surface area contributed by atoms with Gasteiger partial charge in [-0.1, -0.05) is 19.9 Å². The average Bonchev–Trinajstić information content (AvgIpc) is 2.12. The van der Waals surface area contributed by atoms with Crippen LogP contribution in [-0.2, 0) is 0 Å². The lowest BCUT2D eigenvalue weighted by Crippen LogP contribution is -1.95. The van der Waals surface area contributed by atoms with Crippen molar-refractivity contribution in [2.75, 3.05) is 0 Å². The van der Waals surface area contributed by atoms with Crippen LogP contribution in [-0.4, -0.2) is 0 Å². The van der Waals surface area contributed by atoms with E-state index in [0.29, 0.717) is 5.92 Å². The molecule has 13 heavy (non-hydrogen) atoms. The van der Waals surface area contributed by atoms with Crippen molar-refractivity contribution in [3.05, 3.63) is 32.4 Å². The Morgan fingerprint density at radius 1 is 1.31 bits per heavy atom. The van der Waals surface area contributed by atoms with Crippen LogP contribution >= 0.6 is 22.6 Å². The maximum absolute atomic E-state index is 2.43. The van der Waals surface area contributed by atoms with E-state index in [9.17, 15) is 0 Å². The SMILES string of the molecule is CCC(C)c1cc(C)c(C)c(I)c1. The van der Waals surface area contributed by atoms with E-state index < -0.39 is 0 Å². The van der Waals surface area contributed by atoms with E-state index in [1.807, 2.05) is 0 Å². The number of rotatable bonds is 2. The van der Waals surface area contributed by atoms with Crippen molar-refractivity contribution >= 4 is 22.6 Å². The first kappa shape index (κ1) is 11.0. The molecule has 0 spiro atoms. The smallest absolute Gasteiger partial charge is 0.0165 e. The van der Waals surface area contributed by atoms with Gasteiger partial charge in [0.05, 0.1) is 0 Å². The van der Waals surface area contributed by atoms with Crippen LogP contribution in [0.1, 0.15) is 42.9 Å². The molecule has 0 aliphatic rings. The van der Waals surface area contributed by atoms with E-state index >= 15 is 0 Å². The van der Waals surface area contributed by atoms with Crippen molar-refractivity contribution in [2.24, 2.45) is 0 Å². The minimum absolute atomic E-state index is 0.688. The molecule has 0 aliphatic heterocycles. The normalized spacial score (nSPS) is 13.0. The number of hydrogen-bond donors (Lipinski definition) is 0. The topological polar surface area (TPSA) is 0 Å². The van der Waals surface area contributed by atoms with E-state index in [0.717, 1.165) is 0 Å². The summed E-state index contributed by atoms with van der Waals surface area (Å²) in [4.78, 5) is 0. The number of aryl methyl sites for hydroxylation is 1. The fourth-order valence-corrected chi connectivity index (χ4v) is 2.15. The first-order chi connectivity index (χ1) is 6.06. The average molecular weight is 288 g/mol. The largest absolute Gasteiger partial charge is 0.0648 e. The Labute approximate surface area is 94.9 Å². The summed E-state index contributed by atoms with van der Waals surface area (Å²) < 4.78 is 1.40. The molecule has 0 saturated carbocycles. The van der Waals surface area contributed by atoms with Gasteiger partial charge in [-0.2, -0.15) is 0 Å². The molecule has 0 radical (unpaired) electrons. The van der Waals surface area contributed by atoms with Gasteiger partial charge in [-0.05, 0) is 71.5 Å². The molecule has 1 aromatic carbocycles. The molecule has 1 aromatic rings. The molecule has 0 aliphatic carbocycles. The Balaban J connectivity index is 3.13. The van der Waals surface area contributed by atoms with Gasteiger partial charge < -0.3 is 0 Å². The van der Waals surface area contributed by atoms with Crippen LogP contribution in [0, 0.1) is 17.4 Å². The molecular formula is C12H17I. The highest BCUT2D eigenvalue weighted by atomic mass is 127. The molecule has 0 saturated heterocycles. The summed E-state index contributed by atoms with van der Waals surface area (Å²) in [6.07, 6.45) is 1.22. The third-order valence-electron chi connectivity index (χ3n) is 2.81. The summed E-state index contributed by atoms with van der Waals surface area (Å²) in [6.45, 7) is 8.92. The fraction of sp³-hybridized carbons (Fsp3) is 0.500. The molecule has 1 rings (SSSR count). The Morgan fingerprint density at radius 3 is 2.38 bits per heavy atom. The standard InChI is InChI=1S/C12H17I/c1-5-8(2)11-6-9(3)10(4)12(13)7-11/h6-8H,5H2,1-4H3. The monoisotopic (exact) mass is 288 g/mol. The second-order valence-electron chi connectivity index (χ2n) is 3.75. The molecule has 0 N–H and O–H groups in total. The van der Waals surface area contributed by atoms with E-state index in [1.54, 1.807) is 0 Å². The number of benzene rings is 1. The van der Waals surface area contributed by atoms with Crippen LogP contribution in [0.4, 0.5) is 0 Å². The highest BCUT2D eigenvalue weighted by Gasteiger charge is 2.06. The Kier molecular flexibility index (Phi) is 3.77. The van der Waals surface area contributed by atoms with E-state index in [1.165, 1.54) is 26.7 Å². The van der Waals surface area contributed by atoms with Crippen molar-refractivity contribution in [1.82, 2.24) is 0 Å². The molecule has 1 unspecified atom stereocenters. The van der Waals surface area contributed by atoms with E-state index in [4.69, 9.17) is 0 Å². The third-order valence-corrected chi connectivity index (χ3v) is 3.93. The quantitative estimate of drug-likeness (QED) is 0.707. The summed E-state index contributed by atoms with van der Waals surface area (Å²) in [7, 11) is 0. The molecule has 0 bridgehead atoms. The van der Waals surface area contributed by atoms with Crippen molar-refractivity contribution in [3.63, 3.8) is 0 Å². The van der Waals surface area contributed by atoms with Crippen molar-refractivity contribution < 1.29 is 0 Å². The lowest BCUT2D eigenvalue weighted by molar-refractivity contribution is 0.732. The van der Waals surface area contributed by atoms with Gasteiger partial charge in [0.2, 0.25) is 0 Å². The predicted octanol–water partition coefficient (Wildman–Crippen LogP) is 4.42. The molecular weight excluding hydrogens is 271 g/mol. The van der Waals surface area contributed by atoms with E-state index in [2.05, 4.69) is 62.4 Å². The molecule has 0 fully saturated rings. The maximum atomic E-state index is 2.43. The number of halogens is 1. The van der Waals surface area contributed by atoms with Crippen LogP contribution in [0.25, 0.3) is 0 Å². The highest BCUT2D eigenvalue weighted by Crippen LogP contribution is 2.25. The van der Waals surface area contributed by atoms with Crippen molar-refractivity contribution in [3.8, 4) is 0 Å². The summed E-state index contributed by atoms with van der Waals surface area (Å²) in [5.74, 6) is 0.688. The maximum Gasteiger partial charge on any atom is 0.0165 e.